The van der Waals surface area contributed by atoms with Gasteiger partial charge in [0.25, 0.3) is 0 Å². The summed E-state index contributed by atoms with van der Waals surface area (Å²) in [5.74, 6) is 0.545. The molecule has 2 N–H and O–H groups in total. The number of aryl methyl sites for hydroxylation is 1. The van der Waals surface area contributed by atoms with Gasteiger partial charge in [-0.3, -0.25) is 0 Å². The Labute approximate surface area is 115 Å². The van der Waals surface area contributed by atoms with Crippen LogP contribution < -0.4 is 5.73 Å². The highest BCUT2D eigenvalue weighted by atomic mass is 32.2. The van der Waals surface area contributed by atoms with Gasteiger partial charge in [0.05, 0.1) is 4.90 Å². The SMILES string of the molecule is CCCN(CC1CC1)S(=O)(=O)c1ccc(C)c(N)c1. The smallest absolute Gasteiger partial charge is 0.243 e. The van der Waals surface area contributed by atoms with Gasteiger partial charge in [-0.2, -0.15) is 4.31 Å². The summed E-state index contributed by atoms with van der Waals surface area (Å²) < 4.78 is 26.8. The van der Waals surface area contributed by atoms with Crippen molar-refractivity contribution < 1.29 is 8.42 Å². The minimum absolute atomic E-state index is 0.310. The fourth-order valence-corrected chi connectivity index (χ4v) is 3.72. The number of nitrogens with zero attached hydrogens (tertiary/aromatic N) is 1. The molecule has 4 nitrogen and oxygen atoms in total. The predicted molar refractivity (Wildman–Crippen MR) is 77.4 cm³/mol. The lowest BCUT2D eigenvalue weighted by Crippen LogP contribution is -2.33. The van der Waals surface area contributed by atoms with Crippen molar-refractivity contribution in [1.29, 1.82) is 0 Å². The van der Waals surface area contributed by atoms with Crippen molar-refractivity contribution in [3.05, 3.63) is 23.8 Å². The van der Waals surface area contributed by atoms with E-state index in [9.17, 15) is 8.42 Å². The van der Waals surface area contributed by atoms with Crippen LogP contribution >= 0.6 is 0 Å². The van der Waals surface area contributed by atoms with Crippen LogP contribution in [0.2, 0.25) is 0 Å². The van der Waals surface area contributed by atoms with Gasteiger partial charge in [0, 0.05) is 18.8 Å². The van der Waals surface area contributed by atoms with Gasteiger partial charge in [0.15, 0.2) is 0 Å². The number of benzene rings is 1. The number of rotatable bonds is 6. The van der Waals surface area contributed by atoms with Crippen LogP contribution in [-0.4, -0.2) is 25.8 Å². The summed E-state index contributed by atoms with van der Waals surface area (Å²) in [5.41, 5.74) is 7.26. The van der Waals surface area contributed by atoms with Gasteiger partial charge in [0.2, 0.25) is 10.0 Å². The molecule has 0 radical (unpaired) electrons. The van der Waals surface area contributed by atoms with Crippen molar-refractivity contribution in [3.8, 4) is 0 Å². The Hall–Kier alpha value is -1.07. The minimum Gasteiger partial charge on any atom is -0.398 e. The quantitative estimate of drug-likeness (QED) is 0.815. The fraction of sp³-hybridized carbons (Fsp3) is 0.571. The normalized spacial score (nSPS) is 15.9. The molecule has 2 rings (SSSR count). The van der Waals surface area contributed by atoms with E-state index < -0.39 is 10.0 Å². The molecule has 0 aliphatic heterocycles. The number of anilines is 1. The van der Waals surface area contributed by atoms with Crippen LogP contribution in [0, 0.1) is 12.8 Å². The van der Waals surface area contributed by atoms with Gasteiger partial charge in [-0.15, -0.1) is 0 Å². The summed E-state index contributed by atoms with van der Waals surface area (Å²) in [6.45, 7) is 5.09. The molecule has 1 aromatic carbocycles. The first-order valence-corrected chi connectivity index (χ1v) is 8.25. The Morgan fingerprint density at radius 3 is 2.58 bits per heavy atom. The van der Waals surface area contributed by atoms with Crippen molar-refractivity contribution in [1.82, 2.24) is 4.31 Å². The molecule has 106 valence electrons. The molecule has 1 fully saturated rings. The molecule has 0 atom stereocenters. The van der Waals surface area contributed by atoms with Crippen LogP contribution in [0.4, 0.5) is 5.69 Å². The monoisotopic (exact) mass is 282 g/mol. The predicted octanol–water partition coefficient (Wildman–Crippen LogP) is 2.39. The fourth-order valence-electron chi connectivity index (χ4n) is 2.08. The topological polar surface area (TPSA) is 63.4 Å². The van der Waals surface area contributed by atoms with Gasteiger partial charge in [-0.05, 0) is 49.8 Å². The highest BCUT2D eigenvalue weighted by molar-refractivity contribution is 7.89. The van der Waals surface area contributed by atoms with Gasteiger partial charge < -0.3 is 5.73 Å². The minimum atomic E-state index is -3.40. The first-order valence-electron chi connectivity index (χ1n) is 6.81. The Kier molecular flexibility index (Phi) is 4.16. The molecule has 5 heteroatoms. The Morgan fingerprint density at radius 1 is 1.37 bits per heavy atom. The highest BCUT2D eigenvalue weighted by Crippen LogP contribution is 2.32. The molecule has 19 heavy (non-hydrogen) atoms. The molecule has 0 heterocycles. The molecular formula is C14H22N2O2S. The van der Waals surface area contributed by atoms with Crippen molar-refractivity contribution in [3.63, 3.8) is 0 Å². The molecular weight excluding hydrogens is 260 g/mol. The molecule has 0 unspecified atom stereocenters. The maximum Gasteiger partial charge on any atom is 0.243 e. The lowest BCUT2D eigenvalue weighted by atomic mass is 10.2. The summed E-state index contributed by atoms with van der Waals surface area (Å²) in [6.07, 6.45) is 3.12. The molecule has 1 aliphatic carbocycles. The molecule has 0 amide bonds. The Bertz CT molecular complexity index is 551. The van der Waals surface area contributed by atoms with Crippen molar-refractivity contribution >= 4 is 15.7 Å². The van der Waals surface area contributed by atoms with E-state index in [4.69, 9.17) is 5.73 Å². The van der Waals surface area contributed by atoms with E-state index in [-0.39, 0.29) is 0 Å². The second-order valence-electron chi connectivity index (χ2n) is 5.32. The van der Waals surface area contributed by atoms with E-state index >= 15 is 0 Å². The molecule has 0 saturated heterocycles. The lowest BCUT2D eigenvalue weighted by molar-refractivity contribution is 0.395. The zero-order chi connectivity index (χ0) is 14.0. The van der Waals surface area contributed by atoms with E-state index in [0.29, 0.717) is 29.6 Å². The van der Waals surface area contributed by atoms with Gasteiger partial charge in [-0.25, -0.2) is 8.42 Å². The average molecular weight is 282 g/mol. The second kappa shape index (κ2) is 5.51. The maximum absolute atomic E-state index is 12.6. The third-order valence-corrected chi connectivity index (χ3v) is 5.38. The van der Waals surface area contributed by atoms with Crippen LogP contribution in [0.25, 0.3) is 0 Å². The summed E-state index contributed by atoms with van der Waals surface area (Å²) >= 11 is 0. The van der Waals surface area contributed by atoms with Crippen LogP contribution in [0.5, 0.6) is 0 Å². The van der Waals surface area contributed by atoms with E-state index in [1.54, 1.807) is 22.5 Å². The van der Waals surface area contributed by atoms with Gasteiger partial charge in [-0.1, -0.05) is 13.0 Å². The lowest BCUT2D eigenvalue weighted by Gasteiger charge is -2.21. The summed E-state index contributed by atoms with van der Waals surface area (Å²) in [6, 6.07) is 4.99. The number of hydrogen-bond acceptors (Lipinski definition) is 3. The average Bonchev–Trinajstić information content (AvgIpc) is 3.16. The Balaban J connectivity index is 2.28. The molecule has 1 aromatic rings. The molecule has 0 spiro atoms. The standard InChI is InChI=1S/C14H22N2O2S/c1-3-8-16(10-12-5-6-12)19(17,18)13-7-4-11(2)14(15)9-13/h4,7,9,12H,3,5-6,8,10,15H2,1-2H3. The van der Waals surface area contributed by atoms with E-state index in [1.165, 1.54) is 0 Å². The first kappa shape index (κ1) is 14.3. The molecule has 0 bridgehead atoms. The molecule has 1 saturated carbocycles. The van der Waals surface area contributed by atoms with Crippen LogP contribution in [-0.2, 0) is 10.0 Å². The van der Waals surface area contributed by atoms with Crippen molar-refractivity contribution in [2.24, 2.45) is 5.92 Å². The largest absolute Gasteiger partial charge is 0.398 e. The summed E-state index contributed by atoms with van der Waals surface area (Å²) in [4.78, 5) is 0.310. The zero-order valence-electron chi connectivity index (χ0n) is 11.6. The zero-order valence-corrected chi connectivity index (χ0v) is 12.4. The van der Waals surface area contributed by atoms with E-state index in [2.05, 4.69) is 0 Å². The number of nitrogens with two attached hydrogens (primary N) is 1. The number of sulfonamides is 1. The van der Waals surface area contributed by atoms with Gasteiger partial charge >= 0.3 is 0 Å². The highest BCUT2D eigenvalue weighted by Gasteiger charge is 2.31. The van der Waals surface area contributed by atoms with Gasteiger partial charge in [0.1, 0.15) is 0 Å². The van der Waals surface area contributed by atoms with E-state index in [1.807, 2.05) is 13.8 Å². The van der Waals surface area contributed by atoms with Crippen LogP contribution in [0.1, 0.15) is 31.7 Å². The third-order valence-electron chi connectivity index (χ3n) is 3.52. The number of nitrogen functional groups attached to an aromatic ring is 1. The molecule has 0 aromatic heterocycles. The third kappa shape index (κ3) is 3.28. The van der Waals surface area contributed by atoms with E-state index in [0.717, 1.165) is 24.8 Å². The van der Waals surface area contributed by atoms with Crippen molar-refractivity contribution in [2.45, 2.75) is 38.0 Å². The molecule has 1 aliphatic rings. The van der Waals surface area contributed by atoms with Crippen LogP contribution in [0.3, 0.4) is 0 Å². The number of hydrogen-bond donors (Lipinski definition) is 1. The van der Waals surface area contributed by atoms with Crippen LogP contribution in [0.15, 0.2) is 23.1 Å². The first-order chi connectivity index (χ1) is 8.95. The van der Waals surface area contributed by atoms with Crippen molar-refractivity contribution in [2.75, 3.05) is 18.8 Å². The summed E-state index contributed by atoms with van der Waals surface area (Å²) in [7, 11) is -3.40. The summed E-state index contributed by atoms with van der Waals surface area (Å²) in [5, 5.41) is 0. The maximum atomic E-state index is 12.6. The second-order valence-corrected chi connectivity index (χ2v) is 7.26. The Morgan fingerprint density at radius 2 is 2.05 bits per heavy atom.